The van der Waals surface area contributed by atoms with Gasteiger partial charge < -0.3 is 4.74 Å². The molecule has 0 amide bonds. The monoisotopic (exact) mass is 205 g/mol. The van der Waals surface area contributed by atoms with Gasteiger partial charge in [0.1, 0.15) is 11.1 Å². The van der Waals surface area contributed by atoms with Crippen LogP contribution in [0, 0.1) is 0 Å². The van der Waals surface area contributed by atoms with Gasteiger partial charge in [0.05, 0.1) is 16.6 Å². The molecule has 0 radical (unpaired) electrons. The van der Waals surface area contributed by atoms with E-state index in [1.54, 1.807) is 11.3 Å². The van der Waals surface area contributed by atoms with E-state index in [1.165, 1.54) is 0 Å². The third-order valence-corrected chi connectivity index (χ3v) is 2.67. The largest absolute Gasteiger partial charge is 0.365 e. The SMILES string of the molecule is Brc1cnc([C@H]2CO2)s1. The number of hydrogen-bond acceptors (Lipinski definition) is 3. The van der Waals surface area contributed by atoms with Gasteiger partial charge in [-0.05, 0) is 15.9 Å². The summed E-state index contributed by atoms with van der Waals surface area (Å²) in [6.45, 7) is 0.847. The molecule has 0 unspecified atom stereocenters. The van der Waals surface area contributed by atoms with Crippen LogP contribution in [0.5, 0.6) is 0 Å². The van der Waals surface area contributed by atoms with Crippen molar-refractivity contribution in [3.63, 3.8) is 0 Å². The molecule has 1 atom stereocenters. The second-order valence-corrected chi connectivity index (χ2v) is 4.27. The van der Waals surface area contributed by atoms with Gasteiger partial charge >= 0.3 is 0 Å². The third-order valence-electron chi connectivity index (χ3n) is 1.10. The fourth-order valence-corrected chi connectivity index (χ4v) is 1.88. The van der Waals surface area contributed by atoms with Crippen LogP contribution in [0.2, 0.25) is 0 Å². The fourth-order valence-electron chi connectivity index (χ4n) is 0.607. The Morgan fingerprint density at radius 2 is 2.67 bits per heavy atom. The van der Waals surface area contributed by atoms with Gasteiger partial charge in [-0.15, -0.1) is 11.3 Å². The molecule has 9 heavy (non-hydrogen) atoms. The summed E-state index contributed by atoms with van der Waals surface area (Å²) in [4.78, 5) is 4.12. The van der Waals surface area contributed by atoms with Crippen LogP contribution in [0.4, 0.5) is 0 Å². The lowest BCUT2D eigenvalue weighted by atomic mass is 10.5. The van der Waals surface area contributed by atoms with Crippen LogP contribution in [-0.2, 0) is 4.74 Å². The first-order valence-electron chi connectivity index (χ1n) is 2.59. The smallest absolute Gasteiger partial charge is 0.132 e. The van der Waals surface area contributed by atoms with E-state index in [-0.39, 0.29) is 0 Å². The summed E-state index contributed by atoms with van der Waals surface area (Å²) in [6.07, 6.45) is 2.11. The number of hydrogen-bond donors (Lipinski definition) is 0. The number of ether oxygens (including phenoxy) is 1. The Kier molecular flexibility index (Phi) is 1.32. The van der Waals surface area contributed by atoms with Crippen molar-refractivity contribution in [3.05, 3.63) is 15.0 Å². The zero-order chi connectivity index (χ0) is 6.27. The van der Waals surface area contributed by atoms with E-state index in [1.807, 2.05) is 6.20 Å². The van der Waals surface area contributed by atoms with Gasteiger partial charge in [0.25, 0.3) is 0 Å². The molecule has 1 aromatic heterocycles. The van der Waals surface area contributed by atoms with E-state index < -0.39 is 0 Å². The van der Waals surface area contributed by atoms with Crippen LogP contribution in [-0.4, -0.2) is 11.6 Å². The lowest BCUT2D eigenvalue weighted by Crippen LogP contribution is -1.72. The van der Waals surface area contributed by atoms with Gasteiger partial charge in [-0.1, -0.05) is 0 Å². The molecule has 0 N–H and O–H groups in total. The lowest BCUT2D eigenvalue weighted by Gasteiger charge is -1.78. The first-order valence-corrected chi connectivity index (χ1v) is 4.20. The normalized spacial score (nSPS) is 24.3. The van der Waals surface area contributed by atoms with E-state index in [9.17, 15) is 0 Å². The zero-order valence-corrected chi connectivity index (χ0v) is 6.91. The van der Waals surface area contributed by atoms with E-state index in [0.717, 1.165) is 15.4 Å². The topological polar surface area (TPSA) is 25.4 Å². The van der Waals surface area contributed by atoms with Gasteiger partial charge in [-0.3, -0.25) is 0 Å². The van der Waals surface area contributed by atoms with Crippen LogP contribution in [0.3, 0.4) is 0 Å². The summed E-state index contributed by atoms with van der Waals surface area (Å²) < 4.78 is 6.11. The molecule has 1 saturated heterocycles. The Morgan fingerprint density at radius 1 is 1.89 bits per heavy atom. The van der Waals surface area contributed by atoms with Gasteiger partial charge in [0, 0.05) is 0 Å². The van der Waals surface area contributed by atoms with Crippen LogP contribution < -0.4 is 0 Å². The van der Waals surface area contributed by atoms with E-state index >= 15 is 0 Å². The van der Waals surface area contributed by atoms with Gasteiger partial charge in [-0.25, -0.2) is 4.98 Å². The number of thiazole rings is 1. The minimum Gasteiger partial charge on any atom is -0.365 e. The number of rotatable bonds is 1. The molecule has 0 saturated carbocycles. The van der Waals surface area contributed by atoms with Crippen molar-refractivity contribution in [1.82, 2.24) is 4.98 Å². The molecular weight excluding hydrogens is 202 g/mol. The maximum absolute atomic E-state index is 5.03. The molecule has 1 aliphatic heterocycles. The Hall–Kier alpha value is 0.0700. The summed E-state index contributed by atoms with van der Waals surface area (Å²) in [5.74, 6) is 0. The maximum atomic E-state index is 5.03. The molecule has 0 spiro atoms. The van der Waals surface area contributed by atoms with E-state index in [2.05, 4.69) is 20.9 Å². The molecule has 0 aliphatic carbocycles. The predicted molar refractivity (Wildman–Crippen MR) is 38.5 cm³/mol. The zero-order valence-electron chi connectivity index (χ0n) is 4.50. The molecule has 2 heterocycles. The van der Waals surface area contributed by atoms with Crippen molar-refractivity contribution >= 4 is 27.3 Å². The Bertz CT molecular complexity index is 220. The summed E-state index contributed by atoms with van der Waals surface area (Å²) >= 11 is 4.97. The molecule has 0 bridgehead atoms. The first-order chi connectivity index (χ1) is 4.36. The molecule has 48 valence electrons. The molecular formula is C5H4BrNOS. The van der Waals surface area contributed by atoms with Crippen LogP contribution in [0.1, 0.15) is 11.1 Å². The predicted octanol–water partition coefficient (Wildman–Crippen LogP) is 1.98. The summed E-state index contributed by atoms with van der Waals surface area (Å²) in [5, 5.41) is 1.09. The molecule has 2 rings (SSSR count). The van der Waals surface area contributed by atoms with Gasteiger partial charge in [-0.2, -0.15) is 0 Å². The first kappa shape index (κ1) is 5.82. The van der Waals surface area contributed by atoms with Crippen molar-refractivity contribution < 1.29 is 4.74 Å². The van der Waals surface area contributed by atoms with Crippen molar-refractivity contribution in [3.8, 4) is 0 Å². The summed E-state index contributed by atoms with van der Waals surface area (Å²) in [6, 6.07) is 0. The highest BCUT2D eigenvalue weighted by Gasteiger charge is 2.27. The molecule has 2 nitrogen and oxygen atoms in total. The van der Waals surface area contributed by atoms with Gasteiger partial charge in [0.15, 0.2) is 0 Å². The quantitative estimate of drug-likeness (QED) is 0.656. The second-order valence-electron chi connectivity index (χ2n) is 1.82. The maximum Gasteiger partial charge on any atom is 0.132 e. The molecule has 4 heteroatoms. The highest BCUT2D eigenvalue weighted by atomic mass is 79.9. The fraction of sp³-hybridized carbons (Fsp3) is 0.400. The van der Waals surface area contributed by atoms with Gasteiger partial charge in [0.2, 0.25) is 0 Å². The lowest BCUT2D eigenvalue weighted by molar-refractivity contribution is 0.415. The van der Waals surface area contributed by atoms with Crippen molar-refractivity contribution in [2.45, 2.75) is 6.10 Å². The van der Waals surface area contributed by atoms with Crippen LogP contribution >= 0.6 is 27.3 Å². The minimum absolute atomic E-state index is 0.307. The van der Waals surface area contributed by atoms with E-state index in [0.29, 0.717) is 6.10 Å². The Labute approximate surface area is 65.0 Å². The summed E-state index contributed by atoms with van der Waals surface area (Å²) in [7, 11) is 0. The second kappa shape index (κ2) is 2.04. The molecule has 0 aromatic carbocycles. The highest BCUT2D eigenvalue weighted by molar-refractivity contribution is 9.11. The third kappa shape index (κ3) is 1.15. The standard InChI is InChI=1S/C5H4BrNOS/c6-4-1-7-5(9-4)3-2-8-3/h1,3H,2H2/t3-/m1/s1. The van der Waals surface area contributed by atoms with Crippen molar-refractivity contribution in [2.24, 2.45) is 0 Å². The van der Waals surface area contributed by atoms with E-state index in [4.69, 9.17) is 4.74 Å². The Morgan fingerprint density at radius 3 is 3.11 bits per heavy atom. The molecule has 1 fully saturated rings. The highest BCUT2D eigenvalue weighted by Crippen LogP contribution is 2.34. The molecule has 1 aromatic rings. The summed E-state index contributed by atoms with van der Waals surface area (Å²) in [5.41, 5.74) is 0. The number of nitrogens with zero attached hydrogens (tertiary/aromatic N) is 1. The number of aromatic nitrogens is 1. The number of halogens is 1. The number of epoxide rings is 1. The van der Waals surface area contributed by atoms with Crippen LogP contribution in [0.15, 0.2) is 9.98 Å². The minimum atomic E-state index is 0.307. The Balaban J connectivity index is 2.28. The van der Waals surface area contributed by atoms with Crippen LogP contribution in [0.25, 0.3) is 0 Å². The van der Waals surface area contributed by atoms with Crippen molar-refractivity contribution in [2.75, 3.05) is 6.61 Å². The molecule has 1 aliphatic rings. The average Bonchev–Trinajstić information content (AvgIpc) is 2.58. The van der Waals surface area contributed by atoms with Crippen molar-refractivity contribution in [1.29, 1.82) is 0 Å². The average molecular weight is 206 g/mol.